The molecule has 6 heteroatoms. The number of aromatic nitrogens is 3. The SMILES string of the molecule is CCC(N)Cc1ccc(Br)cc1Sc1nncn1C. The van der Waals surface area contributed by atoms with Gasteiger partial charge in [-0.05, 0) is 42.3 Å². The van der Waals surface area contributed by atoms with Crippen LogP contribution in [-0.2, 0) is 13.5 Å². The molecule has 2 aromatic rings. The van der Waals surface area contributed by atoms with Gasteiger partial charge in [-0.25, -0.2) is 0 Å². The Hall–Kier alpha value is -0.850. The van der Waals surface area contributed by atoms with E-state index in [4.69, 9.17) is 5.73 Å². The first-order chi connectivity index (χ1) is 9.10. The maximum absolute atomic E-state index is 6.06. The first-order valence-corrected chi connectivity index (χ1v) is 7.77. The van der Waals surface area contributed by atoms with Gasteiger partial charge in [0, 0.05) is 22.5 Å². The van der Waals surface area contributed by atoms with Crippen LogP contribution in [0.5, 0.6) is 0 Å². The second-order valence-electron chi connectivity index (χ2n) is 4.45. The van der Waals surface area contributed by atoms with E-state index in [1.165, 1.54) is 10.5 Å². The number of hydrogen-bond acceptors (Lipinski definition) is 4. The van der Waals surface area contributed by atoms with E-state index in [2.05, 4.69) is 51.3 Å². The number of hydrogen-bond donors (Lipinski definition) is 1. The van der Waals surface area contributed by atoms with E-state index in [9.17, 15) is 0 Å². The molecule has 0 amide bonds. The second kappa shape index (κ2) is 6.54. The van der Waals surface area contributed by atoms with Gasteiger partial charge in [0.2, 0.25) is 0 Å². The molecular weight excluding hydrogens is 324 g/mol. The predicted molar refractivity (Wildman–Crippen MR) is 81.2 cm³/mol. The molecule has 0 aliphatic heterocycles. The van der Waals surface area contributed by atoms with Crippen LogP contribution in [0.3, 0.4) is 0 Å². The van der Waals surface area contributed by atoms with Crippen LogP contribution in [0.2, 0.25) is 0 Å². The van der Waals surface area contributed by atoms with E-state index in [0.29, 0.717) is 0 Å². The Morgan fingerprint density at radius 2 is 2.26 bits per heavy atom. The van der Waals surface area contributed by atoms with E-state index in [0.717, 1.165) is 22.5 Å². The molecule has 1 unspecified atom stereocenters. The van der Waals surface area contributed by atoms with E-state index in [1.807, 2.05) is 11.6 Å². The van der Waals surface area contributed by atoms with Crippen molar-refractivity contribution in [2.24, 2.45) is 12.8 Å². The third-order valence-corrected chi connectivity index (χ3v) is 4.55. The van der Waals surface area contributed by atoms with Crippen molar-refractivity contribution in [1.82, 2.24) is 14.8 Å². The van der Waals surface area contributed by atoms with E-state index >= 15 is 0 Å². The van der Waals surface area contributed by atoms with Crippen LogP contribution >= 0.6 is 27.7 Å². The van der Waals surface area contributed by atoms with Crippen LogP contribution in [0.1, 0.15) is 18.9 Å². The molecule has 0 aliphatic carbocycles. The van der Waals surface area contributed by atoms with Gasteiger partial charge in [-0.2, -0.15) is 0 Å². The molecule has 1 aromatic heterocycles. The van der Waals surface area contributed by atoms with Crippen molar-refractivity contribution in [2.45, 2.75) is 35.9 Å². The Morgan fingerprint density at radius 1 is 1.47 bits per heavy atom. The zero-order chi connectivity index (χ0) is 13.8. The van der Waals surface area contributed by atoms with Crippen molar-refractivity contribution in [3.05, 3.63) is 34.6 Å². The number of rotatable bonds is 5. The van der Waals surface area contributed by atoms with Crippen molar-refractivity contribution in [3.63, 3.8) is 0 Å². The predicted octanol–water partition coefficient (Wildman–Crippen LogP) is 3.01. The van der Waals surface area contributed by atoms with E-state index < -0.39 is 0 Å². The summed E-state index contributed by atoms with van der Waals surface area (Å²) in [5.41, 5.74) is 7.32. The molecule has 4 nitrogen and oxygen atoms in total. The van der Waals surface area contributed by atoms with Crippen LogP contribution in [0.15, 0.2) is 39.1 Å². The molecule has 0 radical (unpaired) electrons. The lowest BCUT2D eigenvalue weighted by molar-refractivity contribution is 0.641. The highest BCUT2D eigenvalue weighted by molar-refractivity contribution is 9.10. The maximum atomic E-state index is 6.06. The standard InChI is InChI=1S/C13H17BrN4S/c1-3-11(15)6-9-4-5-10(14)7-12(9)19-13-17-16-8-18(13)2/h4-5,7-8,11H,3,6,15H2,1-2H3. The quantitative estimate of drug-likeness (QED) is 0.908. The molecule has 1 heterocycles. The Bertz CT molecular complexity index is 555. The fourth-order valence-corrected chi connectivity index (χ4v) is 3.14. The minimum absolute atomic E-state index is 0.194. The second-order valence-corrected chi connectivity index (χ2v) is 6.38. The Kier molecular flexibility index (Phi) is 5.01. The molecule has 2 N–H and O–H groups in total. The van der Waals surface area contributed by atoms with Crippen molar-refractivity contribution < 1.29 is 0 Å². The first-order valence-electron chi connectivity index (χ1n) is 6.16. The Balaban J connectivity index is 2.27. The first kappa shape index (κ1) is 14.6. The van der Waals surface area contributed by atoms with Gasteiger partial charge in [0.1, 0.15) is 6.33 Å². The summed E-state index contributed by atoms with van der Waals surface area (Å²) in [6.07, 6.45) is 3.56. The Labute approximate surface area is 125 Å². The summed E-state index contributed by atoms with van der Waals surface area (Å²) in [5.74, 6) is 0. The van der Waals surface area contributed by atoms with Gasteiger partial charge >= 0.3 is 0 Å². The molecule has 1 aromatic carbocycles. The van der Waals surface area contributed by atoms with Crippen LogP contribution in [0.4, 0.5) is 0 Å². The fraction of sp³-hybridized carbons (Fsp3) is 0.385. The zero-order valence-electron chi connectivity index (χ0n) is 11.0. The number of halogens is 1. The van der Waals surface area contributed by atoms with Gasteiger partial charge in [0.05, 0.1) is 0 Å². The largest absolute Gasteiger partial charge is 0.327 e. The number of nitrogens with zero attached hydrogens (tertiary/aromatic N) is 3. The topological polar surface area (TPSA) is 56.7 Å². The summed E-state index contributed by atoms with van der Waals surface area (Å²) in [4.78, 5) is 1.18. The lowest BCUT2D eigenvalue weighted by Gasteiger charge is -2.13. The lowest BCUT2D eigenvalue weighted by atomic mass is 10.1. The molecule has 0 aliphatic rings. The molecule has 0 spiro atoms. The van der Waals surface area contributed by atoms with Crippen LogP contribution in [0.25, 0.3) is 0 Å². The number of aryl methyl sites for hydroxylation is 1. The molecular formula is C13H17BrN4S. The normalized spacial score (nSPS) is 12.6. The summed E-state index contributed by atoms with van der Waals surface area (Å²) in [5, 5.41) is 8.89. The van der Waals surface area contributed by atoms with Crippen molar-refractivity contribution in [2.75, 3.05) is 0 Å². The number of nitrogens with two attached hydrogens (primary N) is 1. The third-order valence-electron chi connectivity index (χ3n) is 2.91. The molecule has 0 saturated carbocycles. The van der Waals surface area contributed by atoms with E-state index in [-0.39, 0.29) is 6.04 Å². The van der Waals surface area contributed by atoms with Gasteiger partial charge in [0.25, 0.3) is 0 Å². The molecule has 0 saturated heterocycles. The summed E-state index contributed by atoms with van der Waals surface area (Å²) >= 11 is 5.13. The molecule has 102 valence electrons. The van der Waals surface area contributed by atoms with Gasteiger partial charge in [-0.15, -0.1) is 10.2 Å². The molecule has 0 bridgehead atoms. The van der Waals surface area contributed by atoms with E-state index in [1.54, 1.807) is 18.1 Å². The summed E-state index contributed by atoms with van der Waals surface area (Å²) in [6, 6.07) is 6.48. The molecule has 2 rings (SSSR count). The van der Waals surface area contributed by atoms with Gasteiger partial charge < -0.3 is 10.3 Å². The van der Waals surface area contributed by atoms with Crippen LogP contribution in [0, 0.1) is 0 Å². The van der Waals surface area contributed by atoms with Gasteiger partial charge in [-0.3, -0.25) is 0 Å². The smallest absolute Gasteiger partial charge is 0.195 e. The monoisotopic (exact) mass is 340 g/mol. The fourth-order valence-electron chi connectivity index (χ4n) is 1.68. The van der Waals surface area contributed by atoms with Crippen molar-refractivity contribution in [3.8, 4) is 0 Å². The van der Waals surface area contributed by atoms with Gasteiger partial charge in [0.15, 0.2) is 5.16 Å². The average Bonchev–Trinajstić information content (AvgIpc) is 2.78. The van der Waals surface area contributed by atoms with Crippen LogP contribution < -0.4 is 5.73 Å². The zero-order valence-corrected chi connectivity index (χ0v) is 13.4. The molecule has 1 atom stereocenters. The highest BCUT2D eigenvalue weighted by Crippen LogP contribution is 2.31. The van der Waals surface area contributed by atoms with Gasteiger partial charge in [-0.1, -0.05) is 28.9 Å². The minimum atomic E-state index is 0.194. The third kappa shape index (κ3) is 3.81. The molecule has 19 heavy (non-hydrogen) atoms. The number of benzene rings is 1. The summed E-state index contributed by atoms with van der Waals surface area (Å²) in [7, 11) is 1.94. The average molecular weight is 341 g/mol. The molecule has 0 fully saturated rings. The van der Waals surface area contributed by atoms with Crippen molar-refractivity contribution >= 4 is 27.7 Å². The maximum Gasteiger partial charge on any atom is 0.195 e. The van der Waals surface area contributed by atoms with Crippen molar-refractivity contribution in [1.29, 1.82) is 0 Å². The highest BCUT2D eigenvalue weighted by Gasteiger charge is 2.11. The summed E-state index contributed by atoms with van der Waals surface area (Å²) in [6.45, 7) is 2.11. The summed E-state index contributed by atoms with van der Waals surface area (Å²) < 4.78 is 2.97. The van der Waals surface area contributed by atoms with Crippen LogP contribution in [-0.4, -0.2) is 20.8 Å². The lowest BCUT2D eigenvalue weighted by Crippen LogP contribution is -2.21. The highest BCUT2D eigenvalue weighted by atomic mass is 79.9. The minimum Gasteiger partial charge on any atom is -0.327 e. The Morgan fingerprint density at radius 3 is 2.89 bits per heavy atom.